The van der Waals surface area contributed by atoms with Gasteiger partial charge in [0.1, 0.15) is 5.75 Å². The van der Waals surface area contributed by atoms with Crippen molar-refractivity contribution in [1.82, 2.24) is 0 Å². The zero-order chi connectivity index (χ0) is 13.0. The van der Waals surface area contributed by atoms with Crippen LogP contribution in [0.2, 0.25) is 10.0 Å². The Morgan fingerprint density at radius 2 is 1.67 bits per heavy atom. The van der Waals surface area contributed by atoms with E-state index >= 15 is 0 Å². The maximum Gasteiger partial charge on any atom is 0.138 e. The first kappa shape index (κ1) is 13.3. The summed E-state index contributed by atoms with van der Waals surface area (Å²) in [5.74, 6) is 0.705. The van der Waals surface area contributed by atoms with Crippen molar-refractivity contribution >= 4 is 23.2 Å². The van der Waals surface area contributed by atoms with Crippen molar-refractivity contribution in [2.75, 3.05) is 6.61 Å². The van der Waals surface area contributed by atoms with Crippen molar-refractivity contribution in [2.24, 2.45) is 0 Å². The first-order valence-corrected chi connectivity index (χ1v) is 6.66. The fourth-order valence-corrected chi connectivity index (χ4v) is 2.24. The Morgan fingerprint density at radius 3 is 2.39 bits per heavy atom. The molecule has 94 valence electrons. The van der Waals surface area contributed by atoms with Crippen LogP contribution in [0.5, 0.6) is 5.75 Å². The number of rotatable bonds is 4. The molecule has 3 heteroatoms. The Kier molecular flexibility index (Phi) is 4.51. The van der Waals surface area contributed by atoms with E-state index in [4.69, 9.17) is 27.9 Å². The Hall–Kier alpha value is -1.18. The van der Waals surface area contributed by atoms with E-state index in [0.717, 1.165) is 17.5 Å². The number of hydrogen-bond donors (Lipinski definition) is 0. The maximum absolute atomic E-state index is 6.37. The molecule has 2 rings (SSSR count). The first-order chi connectivity index (χ1) is 8.74. The van der Waals surface area contributed by atoms with E-state index in [1.807, 2.05) is 42.5 Å². The second-order valence-corrected chi connectivity index (χ2v) is 4.73. The second-order valence-electron chi connectivity index (χ2n) is 3.95. The highest BCUT2D eigenvalue weighted by Gasteiger charge is 2.11. The van der Waals surface area contributed by atoms with Gasteiger partial charge >= 0.3 is 0 Å². The lowest BCUT2D eigenvalue weighted by molar-refractivity contribution is 0.318. The molecule has 2 aromatic rings. The van der Waals surface area contributed by atoms with Crippen LogP contribution in [0.3, 0.4) is 0 Å². The van der Waals surface area contributed by atoms with Crippen molar-refractivity contribution in [2.45, 2.75) is 13.3 Å². The van der Waals surface area contributed by atoms with Crippen LogP contribution in [0.4, 0.5) is 0 Å². The molecule has 0 N–H and O–H groups in total. The minimum atomic E-state index is 0.610. The van der Waals surface area contributed by atoms with E-state index < -0.39 is 0 Å². The Morgan fingerprint density at radius 1 is 0.944 bits per heavy atom. The molecule has 1 nitrogen and oxygen atoms in total. The van der Waals surface area contributed by atoms with Crippen molar-refractivity contribution in [3.05, 3.63) is 52.5 Å². The van der Waals surface area contributed by atoms with Crippen molar-refractivity contribution < 1.29 is 4.74 Å². The van der Waals surface area contributed by atoms with Crippen LogP contribution in [0, 0.1) is 0 Å². The van der Waals surface area contributed by atoms with Gasteiger partial charge in [0.2, 0.25) is 0 Å². The summed E-state index contributed by atoms with van der Waals surface area (Å²) in [5.41, 5.74) is 1.82. The number of benzene rings is 2. The van der Waals surface area contributed by atoms with Gasteiger partial charge in [-0.05, 0) is 18.6 Å². The molecule has 0 radical (unpaired) electrons. The number of halogens is 2. The zero-order valence-corrected chi connectivity index (χ0v) is 11.6. The Labute approximate surface area is 117 Å². The normalized spacial score (nSPS) is 10.4. The molecular formula is C15H14Cl2O. The molecule has 0 fully saturated rings. The van der Waals surface area contributed by atoms with Crippen molar-refractivity contribution in [1.29, 1.82) is 0 Å². The van der Waals surface area contributed by atoms with Gasteiger partial charge in [-0.15, -0.1) is 0 Å². The quantitative estimate of drug-likeness (QED) is 0.724. The molecular weight excluding hydrogens is 267 g/mol. The lowest BCUT2D eigenvalue weighted by Crippen LogP contribution is -1.96. The average molecular weight is 281 g/mol. The first-order valence-electron chi connectivity index (χ1n) is 5.90. The van der Waals surface area contributed by atoms with Crippen molar-refractivity contribution in [3.63, 3.8) is 0 Å². The molecule has 0 aliphatic heterocycles. The van der Waals surface area contributed by atoms with Crippen LogP contribution in [0.25, 0.3) is 11.1 Å². The largest absolute Gasteiger partial charge is 0.492 e. The van der Waals surface area contributed by atoms with Gasteiger partial charge in [0, 0.05) is 16.1 Å². The summed E-state index contributed by atoms with van der Waals surface area (Å²) < 4.78 is 5.61. The molecule has 0 saturated carbocycles. The molecule has 0 amide bonds. The molecule has 0 saturated heterocycles. The van der Waals surface area contributed by atoms with Crippen LogP contribution < -0.4 is 4.74 Å². The summed E-state index contributed by atoms with van der Waals surface area (Å²) in [6, 6.07) is 13.4. The highest BCUT2D eigenvalue weighted by molar-refractivity contribution is 6.37. The van der Waals surface area contributed by atoms with Gasteiger partial charge in [-0.1, -0.05) is 60.5 Å². The van der Waals surface area contributed by atoms with Crippen LogP contribution in [0.1, 0.15) is 13.3 Å². The predicted octanol–water partition coefficient (Wildman–Crippen LogP) is 5.45. The summed E-state index contributed by atoms with van der Waals surface area (Å²) in [7, 11) is 0. The summed E-state index contributed by atoms with van der Waals surface area (Å²) in [6.45, 7) is 2.72. The van der Waals surface area contributed by atoms with Crippen LogP contribution in [-0.2, 0) is 0 Å². The van der Waals surface area contributed by atoms with Crippen molar-refractivity contribution in [3.8, 4) is 16.9 Å². The van der Waals surface area contributed by atoms with Gasteiger partial charge < -0.3 is 4.74 Å². The fourth-order valence-electron chi connectivity index (χ4n) is 1.72. The molecule has 0 unspecified atom stereocenters. The van der Waals surface area contributed by atoms with E-state index in [9.17, 15) is 0 Å². The standard InChI is InChI=1S/C15H14Cl2O/c1-2-10-18-14-9-5-7-12(15(14)17)11-6-3-4-8-13(11)16/h3-9H,2,10H2,1H3. The fraction of sp³-hybridized carbons (Fsp3) is 0.200. The van der Waals surface area contributed by atoms with E-state index in [2.05, 4.69) is 6.92 Å². The maximum atomic E-state index is 6.37. The average Bonchev–Trinajstić information content (AvgIpc) is 2.39. The smallest absolute Gasteiger partial charge is 0.138 e. The van der Waals surface area contributed by atoms with Gasteiger partial charge in [0.05, 0.1) is 11.6 Å². The van der Waals surface area contributed by atoms with Gasteiger partial charge in [-0.25, -0.2) is 0 Å². The van der Waals surface area contributed by atoms with Gasteiger partial charge in [-0.2, -0.15) is 0 Å². The van der Waals surface area contributed by atoms with Crippen LogP contribution in [0.15, 0.2) is 42.5 Å². The van der Waals surface area contributed by atoms with Gasteiger partial charge in [-0.3, -0.25) is 0 Å². The molecule has 2 aromatic carbocycles. The molecule has 0 atom stereocenters. The summed E-state index contributed by atoms with van der Waals surface area (Å²) in [5, 5.41) is 1.30. The van der Waals surface area contributed by atoms with Crippen LogP contribution >= 0.6 is 23.2 Å². The summed E-state index contributed by atoms with van der Waals surface area (Å²) in [4.78, 5) is 0. The molecule has 0 aromatic heterocycles. The third-order valence-electron chi connectivity index (χ3n) is 2.59. The number of hydrogen-bond acceptors (Lipinski definition) is 1. The highest BCUT2D eigenvalue weighted by atomic mass is 35.5. The molecule has 0 aliphatic carbocycles. The minimum absolute atomic E-state index is 0.610. The molecule has 18 heavy (non-hydrogen) atoms. The number of ether oxygens (including phenoxy) is 1. The second kappa shape index (κ2) is 6.12. The topological polar surface area (TPSA) is 9.23 Å². The molecule has 0 aliphatic rings. The van der Waals surface area contributed by atoms with E-state index in [1.165, 1.54) is 0 Å². The minimum Gasteiger partial charge on any atom is -0.492 e. The summed E-state index contributed by atoms with van der Waals surface area (Å²) >= 11 is 12.6. The predicted molar refractivity (Wildman–Crippen MR) is 77.7 cm³/mol. The van der Waals surface area contributed by atoms with Crippen LogP contribution in [-0.4, -0.2) is 6.61 Å². The zero-order valence-electron chi connectivity index (χ0n) is 10.1. The highest BCUT2D eigenvalue weighted by Crippen LogP contribution is 2.38. The Balaban J connectivity index is 2.43. The van der Waals surface area contributed by atoms with Gasteiger partial charge in [0.25, 0.3) is 0 Å². The van der Waals surface area contributed by atoms with E-state index in [-0.39, 0.29) is 0 Å². The monoisotopic (exact) mass is 280 g/mol. The van der Waals surface area contributed by atoms with E-state index in [1.54, 1.807) is 0 Å². The third kappa shape index (κ3) is 2.80. The van der Waals surface area contributed by atoms with E-state index in [0.29, 0.717) is 22.4 Å². The Bertz CT molecular complexity index is 538. The molecule has 0 spiro atoms. The lowest BCUT2D eigenvalue weighted by atomic mass is 10.1. The molecule has 0 bridgehead atoms. The third-order valence-corrected chi connectivity index (χ3v) is 3.31. The summed E-state index contributed by atoms with van der Waals surface area (Å²) in [6.07, 6.45) is 0.951. The lowest BCUT2D eigenvalue weighted by Gasteiger charge is -2.11. The SMILES string of the molecule is CCCOc1cccc(-c2ccccc2Cl)c1Cl. The van der Waals surface area contributed by atoms with Gasteiger partial charge in [0.15, 0.2) is 0 Å². The molecule has 0 heterocycles.